The molecule has 0 aromatic carbocycles. The highest BCUT2D eigenvalue weighted by molar-refractivity contribution is 5.79. The number of fused-ring (bicyclic) bond motifs is 1. The number of hydrogen-bond acceptors (Lipinski definition) is 2. The van der Waals surface area contributed by atoms with Gasteiger partial charge in [-0.1, -0.05) is 0 Å². The maximum absolute atomic E-state index is 11.4. The van der Waals surface area contributed by atoms with Crippen LogP contribution in [-0.2, 0) is 7.05 Å². The smallest absolute Gasteiger partial charge is 0.293 e. The Balaban J connectivity index is 3.07. The van der Waals surface area contributed by atoms with Crippen molar-refractivity contribution in [2.75, 3.05) is 0 Å². The first-order valence-corrected chi connectivity index (χ1v) is 3.73. The van der Waals surface area contributed by atoms with Crippen molar-refractivity contribution < 1.29 is 4.42 Å². The SMILES string of the molecule is Cc1cn(C)c(=O)c2occc12. The van der Waals surface area contributed by atoms with Gasteiger partial charge in [-0.3, -0.25) is 4.79 Å². The molecule has 62 valence electrons. The molecule has 0 fully saturated rings. The van der Waals surface area contributed by atoms with E-state index >= 15 is 0 Å². The first kappa shape index (κ1) is 7.16. The van der Waals surface area contributed by atoms with Gasteiger partial charge in [0.1, 0.15) is 0 Å². The molecule has 3 heteroatoms. The Morgan fingerprint density at radius 1 is 1.50 bits per heavy atom. The van der Waals surface area contributed by atoms with Gasteiger partial charge in [0.25, 0.3) is 5.56 Å². The summed E-state index contributed by atoms with van der Waals surface area (Å²) in [4.78, 5) is 11.4. The maximum Gasteiger partial charge on any atom is 0.293 e. The van der Waals surface area contributed by atoms with Crippen molar-refractivity contribution in [2.45, 2.75) is 6.92 Å². The van der Waals surface area contributed by atoms with Gasteiger partial charge in [-0.25, -0.2) is 0 Å². The lowest BCUT2D eigenvalue weighted by Crippen LogP contribution is -2.15. The zero-order chi connectivity index (χ0) is 8.72. The zero-order valence-electron chi connectivity index (χ0n) is 7.00. The van der Waals surface area contributed by atoms with Gasteiger partial charge in [0, 0.05) is 18.6 Å². The van der Waals surface area contributed by atoms with Gasteiger partial charge in [-0.05, 0) is 18.6 Å². The number of aromatic nitrogens is 1. The first-order valence-electron chi connectivity index (χ1n) is 3.73. The third-order valence-electron chi connectivity index (χ3n) is 1.99. The fourth-order valence-corrected chi connectivity index (χ4v) is 1.36. The van der Waals surface area contributed by atoms with Gasteiger partial charge in [0.05, 0.1) is 6.26 Å². The molecule has 0 spiro atoms. The second-order valence-corrected chi connectivity index (χ2v) is 2.89. The van der Waals surface area contributed by atoms with Gasteiger partial charge in [0.2, 0.25) is 0 Å². The third kappa shape index (κ3) is 0.794. The average Bonchev–Trinajstić information content (AvgIpc) is 2.48. The number of nitrogens with zero attached hydrogens (tertiary/aromatic N) is 1. The van der Waals surface area contributed by atoms with Crippen molar-refractivity contribution in [2.24, 2.45) is 7.05 Å². The Labute approximate surface area is 69.2 Å². The van der Waals surface area contributed by atoms with Crippen LogP contribution in [-0.4, -0.2) is 4.57 Å². The van der Waals surface area contributed by atoms with Crippen LogP contribution in [0.15, 0.2) is 27.7 Å². The van der Waals surface area contributed by atoms with Gasteiger partial charge < -0.3 is 8.98 Å². The van der Waals surface area contributed by atoms with Crippen molar-refractivity contribution in [3.8, 4) is 0 Å². The lowest BCUT2D eigenvalue weighted by atomic mass is 10.2. The minimum Gasteiger partial charge on any atom is -0.459 e. The summed E-state index contributed by atoms with van der Waals surface area (Å²) in [5, 5.41) is 0.901. The Kier molecular flexibility index (Phi) is 1.33. The van der Waals surface area contributed by atoms with Crippen LogP contribution in [0.4, 0.5) is 0 Å². The predicted molar refractivity (Wildman–Crippen MR) is 46.2 cm³/mol. The molecule has 3 nitrogen and oxygen atoms in total. The minimum atomic E-state index is -0.0828. The predicted octanol–water partition coefficient (Wildman–Crippen LogP) is 1.44. The maximum atomic E-state index is 11.4. The third-order valence-corrected chi connectivity index (χ3v) is 1.99. The second-order valence-electron chi connectivity index (χ2n) is 2.89. The molecule has 0 unspecified atom stereocenters. The molecule has 0 aliphatic carbocycles. The molecule has 0 amide bonds. The molecule has 2 heterocycles. The Morgan fingerprint density at radius 2 is 2.25 bits per heavy atom. The van der Waals surface area contributed by atoms with Crippen molar-refractivity contribution in [1.29, 1.82) is 0 Å². The molecule has 12 heavy (non-hydrogen) atoms. The molecule has 0 saturated heterocycles. The summed E-state index contributed by atoms with van der Waals surface area (Å²) < 4.78 is 6.61. The van der Waals surface area contributed by atoms with Crippen LogP contribution in [0.2, 0.25) is 0 Å². The molecule has 2 rings (SSSR count). The fraction of sp³-hybridized carbons (Fsp3) is 0.222. The van der Waals surface area contributed by atoms with E-state index in [4.69, 9.17) is 4.42 Å². The summed E-state index contributed by atoms with van der Waals surface area (Å²) in [5.41, 5.74) is 1.42. The van der Waals surface area contributed by atoms with E-state index in [2.05, 4.69) is 0 Å². The molecule has 0 atom stereocenters. The van der Waals surface area contributed by atoms with E-state index in [9.17, 15) is 4.79 Å². The first-order chi connectivity index (χ1) is 5.70. The Bertz CT molecular complexity index is 479. The summed E-state index contributed by atoms with van der Waals surface area (Å²) in [6, 6.07) is 1.81. The van der Waals surface area contributed by atoms with Crippen LogP contribution in [0.3, 0.4) is 0 Å². The Morgan fingerprint density at radius 3 is 3.00 bits per heavy atom. The topological polar surface area (TPSA) is 35.1 Å². The molecule has 0 N–H and O–H groups in total. The van der Waals surface area contributed by atoms with E-state index in [0.29, 0.717) is 5.58 Å². The van der Waals surface area contributed by atoms with E-state index in [0.717, 1.165) is 10.9 Å². The van der Waals surface area contributed by atoms with Crippen LogP contribution < -0.4 is 5.56 Å². The average molecular weight is 163 g/mol. The highest BCUT2D eigenvalue weighted by Crippen LogP contribution is 2.14. The highest BCUT2D eigenvalue weighted by atomic mass is 16.3. The standard InChI is InChI=1S/C9H9NO2/c1-6-5-10(2)9(11)8-7(6)3-4-12-8/h3-5H,1-2H3. The van der Waals surface area contributed by atoms with Crippen LogP contribution in [0.1, 0.15) is 5.56 Å². The molecule has 0 bridgehead atoms. The number of aryl methyl sites for hydroxylation is 2. The van der Waals surface area contributed by atoms with E-state index < -0.39 is 0 Å². The number of pyridine rings is 1. The van der Waals surface area contributed by atoms with Gasteiger partial charge >= 0.3 is 0 Å². The van der Waals surface area contributed by atoms with Crippen LogP contribution in [0.25, 0.3) is 11.0 Å². The van der Waals surface area contributed by atoms with Crippen LogP contribution >= 0.6 is 0 Å². The van der Waals surface area contributed by atoms with E-state index in [1.54, 1.807) is 19.5 Å². The summed E-state index contributed by atoms with van der Waals surface area (Å²) >= 11 is 0. The van der Waals surface area contributed by atoms with E-state index in [-0.39, 0.29) is 5.56 Å². The molecule has 2 aromatic heterocycles. The van der Waals surface area contributed by atoms with Crippen molar-refractivity contribution in [1.82, 2.24) is 4.57 Å². The minimum absolute atomic E-state index is 0.0828. The highest BCUT2D eigenvalue weighted by Gasteiger charge is 2.05. The van der Waals surface area contributed by atoms with Crippen LogP contribution in [0, 0.1) is 6.92 Å². The van der Waals surface area contributed by atoms with Gasteiger partial charge in [0.15, 0.2) is 5.58 Å². The largest absolute Gasteiger partial charge is 0.459 e. The monoisotopic (exact) mass is 163 g/mol. The number of furan rings is 1. The lowest BCUT2D eigenvalue weighted by Gasteiger charge is -1.98. The summed E-state index contributed by atoms with van der Waals surface area (Å²) in [7, 11) is 1.72. The van der Waals surface area contributed by atoms with Crippen molar-refractivity contribution >= 4 is 11.0 Å². The molecular weight excluding hydrogens is 154 g/mol. The molecule has 0 radical (unpaired) electrons. The van der Waals surface area contributed by atoms with Gasteiger partial charge in [-0.2, -0.15) is 0 Å². The molecular formula is C9H9NO2. The van der Waals surface area contributed by atoms with Crippen LogP contribution in [0.5, 0.6) is 0 Å². The molecule has 2 aromatic rings. The van der Waals surface area contributed by atoms with Crippen molar-refractivity contribution in [3.05, 3.63) is 34.4 Å². The normalized spacial score (nSPS) is 10.8. The van der Waals surface area contributed by atoms with E-state index in [1.165, 1.54) is 4.57 Å². The molecule has 0 saturated carbocycles. The second kappa shape index (κ2) is 2.24. The molecule has 0 aliphatic rings. The van der Waals surface area contributed by atoms with Gasteiger partial charge in [-0.15, -0.1) is 0 Å². The van der Waals surface area contributed by atoms with Crippen molar-refractivity contribution in [3.63, 3.8) is 0 Å². The van der Waals surface area contributed by atoms with E-state index in [1.807, 2.05) is 13.0 Å². The summed E-state index contributed by atoms with van der Waals surface area (Å²) in [6.07, 6.45) is 3.35. The number of hydrogen-bond donors (Lipinski definition) is 0. The summed E-state index contributed by atoms with van der Waals surface area (Å²) in [5.74, 6) is 0. The molecule has 0 aliphatic heterocycles. The zero-order valence-corrected chi connectivity index (χ0v) is 7.00. The Hall–Kier alpha value is -1.51. The number of rotatable bonds is 0. The lowest BCUT2D eigenvalue weighted by molar-refractivity contribution is 0.605. The quantitative estimate of drug-likeness (QED) is 0.589. The fourth-order valence-electron chi connectivity index (χ4n) is 1.36. The summed E-state index contributed by atoms with van der Waals surface area (Å²) in [6.45, 7) is 1.96.